The summed E-state index contributed by atoms with van der Waals surface area (Å²) in [6.45, 7) is 4.09. The highest BCUT2D eigenvalue weighted by atomic mass is 19.2. The van der Waals surface area contributed by atoms with Crippen molar-refractivity contribution in [2.75, 3.05) is 13.7 Å². The summed E-state index contributed by atoms with van der Waals surface area (Å²) in [6.07, 6.45) is 8.52. The summed E-state index contributed by atoms with van der Waals surface area (Å²) in [6, 6.07) is 6.23. The molecule has 2 fully saturated rings. The number of ether oxygens (including phenoxy) is 2. The molecular formula is C28H32F4O2. The summed E-state index contributed by atoms with van der Waals surface area (Å²) in [5.74, 6) is -3.22. The predicted molar refractivity (Wildman–Crippen MR) is 124 cm³/mol. The molecule has 0 amide bonds. The SMILES string of the molecule is C=CC1CCC(c2ccc(C3CCC(COc4ccc(OC)c(F)c4F)CC3)c(F)c2F)CC1. The fourth-order valence-corrected chi connectivity index (χ4v) is 5.51. The first-order valence-corrected chi connectivity index (χ1v) is 12.2. The second-order valence-electron chi connectivity index (χ2n) is 9.64. The van der Waals surface area contributed by atoms with Gasteiger partial charge in [-0.25, -0.2) is 8.78 Å². The summed E-state index contributed by atoms with van der Waals surface area (Å²) < 4.78 is 68.3. The number of rotatable bonds is 7. The van der Waals surface area contributed by atoms with E-state index in [0.717, 1.165) is 38.5 Å². The molecule has 6 heteroatoms. The van der Waals surface area contributed by atoms with Crippen LogP contribution < -0.4 is 9.47 Å². The van der Waals surface area contributed by atoms with Crippen molar-refractivity contribution in [2.45, 2.75) is 63.2 Å². The summed E-state index contributed by atoms with van der Waals surface area (Å²) in [5.41, 5.74) is 0.947. The highest BCUT2D eigenvalue weighted by Gasteiger charge is 2.29. The van der Waals surface area contributed by atoms with Crippen molar-refractivity contribution in [1.82, 2.24) is 0 Å². The Bertz CT molecular complexity index is 1010. The Balaban J connectivity index is 1.34. The normalized spacial score (nSPS) is 25.1. The molecule has 0 bridgehead atoms. The maximum atomic E-state index is 15.1. The summed E-state index contributed by atoms with van der Waals surface area (Å²) in [5, 5.41) is 0. The number of benzene rings is 2. The summed E-state index contributed by atoms with van der Waals surface area (Å²) in [7, 11) is 1.27. The number of hydrogen-bond acceptors (Lipinski definition) is 2. The van der Waals surface area contributed by atoms with Crippen molar-refractivity contribution in [3.63, 3.8) is 0 Å². The predicted octanol–water partition coefficient (Wildman–Crippen LogP) is 8.06. The van der Waals surface area contributed by atoms with Crippen LogP contribution in [0, 0.1) is 35.1 Å². The average molecular weight is 477 g/mol. The van der Waals surface area contributed by atoms with Crippen molar-refractivity contribution in [2.24, 2.45) is 11.8 Å². The van der Waals surface area contributed by atoms with Crippen molar-refractivity contribution in [3.05, 3.63) is 71.3 Å². The van der Waals surface area contributed by atoms with Gasteiger partial charge in [0.15, 0.2) is 23.1 Å². The molecule has 0 atom stereocenters. The van der Waals surface area contributed by atoms with E-state index in [9.17, 15) is 8.78 Å². The third-order valence-corrected chi connectivity index (χ3v) is 7.68. The van der Waals surface area contributed by atoms with Crippen LogP contribution in [0.15, 0.2) is 36.9 Å². The van der Waals surface area contributed by atoms with Crippen LogP contribution >= 0.6 is 0 Å². The topological polar surface area (TPSA) is 18.5 Å². The van der Waals surface area contributed by atoms with Crippen LogP contribution in [0.5, 0.6) is 11.5 Å². The van der Waals surface area contributed by atoms with Crippen LogP contribution in [0.3, 0.4) is 0 Å². The van der Waals surface area contributed by atoms with E-state index in [1.165, 1.54) is 19.2 Å². The van der Waals surface area contributed by atoms with Gasteiger partial charge in [-0.3, -0.25) is 0 Å². The van der Waals surface area contributed by atoms with Crippen LogP contribution in [0.4, 0.5) is 17.6 Å². The zero-order valence-corrected chi connectivity index (χ0v) is 19.6. The van der Waals surface area contributed by atoms with Gasteiger partial charge in [-0.2, -0.15) is 8.78 Å². The standard InChI is InChI=1S/C28H32F4O2/c1-3-17-4-8-19(9-5-17)21-12-13-22(26(30)25(21)29)20-10-6-18(7-11-20)16-34-24-15-14-23(33-2)27(31)28(24)32/h3,12-15,17-20H,1,4-11,16H2,2H3. The molecule has 184 valence electrons. The lowest BCUT2D eigenvalue weighted by atomic mass is 9.76. The fourth-order valence-electron chi connectivity index (χ4n) is 5.51. The quantitative estimate of drug-likeness (QED) is 0.297. The molecule has 0 spiro atoms. The molecule has 34 heavy (non-hydrogen) atoms. The highest BCUT2D eigenvalue weighted by Crippen LogP contribution is 2.41. The molecule has 2 aromatic rings. The second-order valence-corrected chi connectivity index (χ2v) is 9.64. The zero-order chi connectivity index (χ0) is 24.2. The Labute approximate surface area is 199 Å². The van der Waals surface area contributed by atoms with E-state index in [4.69, 9.17) is 9.47 Å². The molecular weight excluding hydrogens is 444 g/mol. The smallest absolute Gasteiger partial charge is 0.204 e. The average Bonchev–Trinajstić information content (AvgIpc) is 2.87. The molecule has 0 aromatic heterocycles. The third-order valence-electron chi connectivity index (χ3n) is 7.68. The molecule has 0 radical (unpaired) electrons. The van der Waals surface area contributed by atoms with E-state index in [2.05, 4.69) is 6.58 Å². The molecule has 0 unspecified atom stereocenters. The number of allylic oxidation sites excluding steroid dienone is 1. The van der Waals surface area contributed by atoms with E-state index in [1.807, 2.05) is 6.08 Å². The maximum Gasteiger partial charge on any atom is 0.204 e. The van der Waals surface area contributed by atoms with E-state index in [0.29, 0.717) is 29.9 Å². The first-order valence-electron chi connectivity index (χ1n) is 12.2. The second kappa shape index (κ2) is 10.8. The molecule has 2 nitrogen and oxygen atoms in total. The molecule has 0 N–H and O–H groups in total. The monoisotopic (exact) mass is 476 g/mol. The number of hydrogen-bond donors (Lipinski definition) is 0. The molecule has 0 heterocycles. The summed E-state index contributed by atoms with van der Waals surface area (Å²) >= 11 is 0. The van der Waals surface area contributed by atoms with Crippen LogP contribution in [0.2, 0.25) is 0 Å². The lowest BCUT2D eigenvalue weighted by Crippen LogP contribution is -2.21. The van der Waals surface area contributed by atoms with Gasteiger partial charge >= 0.3 is 0 Å². The molecule has 2 aliphatic rings. The van der Waals surface area contributed by atoms with E-state index < -0.39 is 23.3 Å². The Kier molecular flexibility index (Phi) is 7.84. The Hall–Kier alpha value is -2.50. The van der Waals surface area contributed by atoms with E-state index in [1.54, 1.807) is 12.1 Å². The minimum Gasteiger partial charge on any atom is -0.494 e. The minimum atomic E-state index is -1.07. The van der Waals surface area contributed by atoms with Crippen LogP contribution in [-0.2, 0) is 0 Å². The molecule has 2 aromatic carbocycles. The van der Waals surface area contributed by atoms with Gasteiger partial charge in [0.1, 0.15) is 0 Å². The van der Waals surface area contributed by atoms with Crippen molar-refractivity contribution in [1.29, 1.82) is 0 Å². The molecule has 0 aliphatic heterocycles. The molecule has 0 saturated heterocycles. The third kappa shape index (κ3) is 5.11. The van der Waals surface area contributed by atoms with Crippen LogP contribution in [-0.4, -0.2) is 13.7 Å². The largest absolute Gasteiger partial charge is 0.494 e. The van der Waals surface area contributed by atoms with Gasteiger partial charge in [0.2, 0.25) is 11.6 Å². The van der Waals surface area contributed by atoms with Gasteiger partial charge < -0.3 is 9.47 Å². The van der Waals surface area contributed by atoms with Crippen LogP contribution in [0.1, 0.15) is 74.3 Å². The van der Waals surface area contributed by atoms with Gasteiger partial charge in [0.05, 0.1) is 13.7 Å². The van der Waals surface area contributed by atoms with Crippen molar-refractivity contribution >= 4 is 0 Å². The van der Waals surface area contributed by atoms with Crippen LogP contribution in [0.25, 0.3) is 0 Å². The fraction of sp³-hybridized carbons (Fsp3) is 0.500. The van der Waals surface area contributed by atoms with Gasteiger partial charge in [-0.15, -0.1) is 6.58 Å². The Morgan fingerprint density at radius 2 is 1.24 bits per heavy atom. The lowest BCUT2D eigenvalue weighted by Gasteiger charge is -2.30. The van der Waals surface area contributed by atoms with Crippen molar-refractivity contribution in [3.8, 4) is 11.5 Å². The number of methoxy groups -OCH3 is 1. The summed E-state index contributed by atoms with van der Waals surface area (Å²) in [4.78, 5) is 0. The zero-order valence-electron chi connectivity index (χ0n) is 19.6. The molecule has 4 rings (SSSR count). The Morgan fingerprint density at radius 1 is 0.735 bits per heavy atom. The van der Waals surface area contributed by atoms with Gasteiger partial charge in [-0.1, -0.05) is 18.2 Å². The van der Waals surface area contributed by atoms with Gasteiger partial charge in [-0.05, 0) is 98.3 Å². The first-order chi connectivity index (χ1) is 16.4. The Morgan fingerprint density at radius 3 is 1.76 bits per heavy atom. The van der Waals surface area contributed by atoms with E-state index in [-0.39, 0.29) is 35.9 Å². The molecule has 2 aliphatic carbocycles. The number of halogens is 4. The lowest BCUT2D eigenvalue weighted by molar-refractivity contribution is 0.191. The van der Waals surface area contributed by atoms with E-state index >= 15 is 8.78 Å². The van der Waals surface area contributed by atoms with Crippen molar-refractivity contribution < 1.29 is 27.0 Å². The molecule has 2 saturated carbocycles. The maximum absolute atomic E-state index is 15.1. The minimum absolute atomic E-state index is 0.0496. The van der Waals surface area contributed by atoms with Gasteiger partial charge in [0, 0.05) is 0 Å². The first kappa shape index (κ1) is 24.6. The highest BCUT2D eigenvalue weighted by molar-refractivity contribution is 5.35. The van der Waals surface area contributed by atoms with Gasteiger partial charge in [0.25, 0.3) is 0 Å².